The van der Waals surface area contributed by atoms with Crippen LogP contribution in [0.25, 0.3) is 10.2 Å². The predicted molar refractivity (Wildman–Crippen MR) is 106 cm³/mol. The van der Waals surface area contributed by atoms with Crippen LogP contribution in [0.2, 0.25) is 0 Å². The summed E-state index contributed by atoms with van der Waals surface area (Å²) in [6.07, 6.45) is 1.04. The van der Waals surface area contributed by atoms with E-state index in [0.29, 0.717) is 21.8 Å². The molecule has 3 rings (SSSR count). The number of methoxy groups -OCH3 is 1. The van der Waals surface area contributed by atoms with E-state index < -0.39 is 5.97 Å². The summed E-state index contributed by atoms with van der Waals surface area (Å²) in [7, 11) is 1.34. The second-order valence-corrected chi connectivity index (χ2v) is 7.04. The van der Waals surface area contributed by atoms with Crippen molar-refractivity contribution in [2.45, 2.75) is 26.4 Å². The molecule has 3 aromatic rings. The van der Waals surface area contributed by atoms with E-state index in [1.807, 2.05) is 6.92 Å². The maximum Gasteiger partial charge on any atom is 0.337 e. The zero-order valence-electron chi connectivity index (χ0n) is 15.3. The molecule has 0 saturated heterocycles. The van der Waals surface area contributed by atoms with E-state index in [1.54, 1.807) is 42.5 Å². The number of nitrogens with zero attached hydrogens (tertiary/aromatic N) is 1. The maximum atomic E-state index is 12.4. The van der Waals surface area contributed by atoms with Crippen LogP contribution in [0.4, 0.5) is 5.13 Å². The molecule has 0 aliphatic heterocycles. The Morgan fingerprint density at radius 2 is 1.85 bits per heavy atom. The highest BCUT2D eigenvalue weighted by Gasteiger charge is 2.13. The van der Waals surface area contributed by atoms with E-state index >= 15 is 0 Å². The molecular weight excluding hydrogens is 364 g/mol. The van der Waals surface area contributed by atoms with Gasteiger partial charge < -0.3 is 9.47 Å². The van der Waals surface area contributed by atoms with Crippen molar-refractivity contribution in [2.24, 2.45) is 0 Å². The van der Waals surface area contributed by atoms with Gasteiger partial charge in [-0.25, -0.2) is 9.78 Å². The molecule has 0 fully saturated rings. The number of amides is 1. The molecule has 0 radical (unpaired) electrons. The number of nitrogens with one attached hydrogen (secondary N) is 1. The van der Waals surface area contributed by atoms with Gasteiger partial charge in [0.25, 0.3) is 5.91 Å². The number of fused-ring (bicyclic) bond motifs is 1. The highest BCUT2D eigenvalue weighted by Crippen LogP contribution is 2.27. The van der Waals surface area contributed by atoms with Crippen molar-refractivity contribution in [1.82, 2.24) is 4.98 Å². The third-order valence-electron chi connectivity index (χ3n) is 4.06. The average Bonchev–Trinajstić information content (AvgIpc) is 3.09. The molecule has 0 aliphatic carbocycles. The first-order valence-corrected chi connectivity index (χ1v) is 9.38. The number of carbonyl (C=O) groups excluding carboxylic acids is 2. The molecule has 140 valence electrons. The van der Waals surface area contributed by atoms with Gasteiger partial charge in [-0.3, -0.25) is 10.1 Å². The second-order valence-electron chi connectivity index (χ2n) is 6.01. The fourth-order valence-electron chi connectivity index (χ4n) is 2.39. The highest BCUT2D eigenvalue weighted by molar-refractivity contribution is 7.22. The number of ether oxygens (including phenoxy) is 2. The van der Waals surface area contributed by atoms with Crippen molar-refractivity contribution < 1.29 is 19.1 Å². The van der Waals surface area contributed by atoms with Crippen molar-refractivity contribution in [3.05, 3.63) is 53.6 Å². The molecule has 1 N–H and O–H groups in total. The number of aromatic nitrogens is 1. The minimum atomic E-state index is -0.407. The zero-order chi connectivity index (χ0) is 19.4. The molecule has 1 atom stereocenters. The van der Waals surface area contributed by atoms with Gasteiger partial charge in [-0.1, -0.05) is 18.3 Å². The first kappa shape index (κ1) is 18.8. The molecule has 0 bridgehead atoms. The van der Waals surface area contributed by atoms with Gasteiger partial charge in [-0.2, -0.15) is 0 Å². The van der Waals surface area contributed by atoms with E-state index in [1.165, 1.54) is 18.4 Å². The highest BCUT2D eigenvalue weighted by atomic mass is 32.1. The van der Waals surface area contributed by atoms with Crippen LogP contribution in [-0.2, 0) is 4.74 Å². The third kappa shape index (κ3) is 4.43. The van der Waals surface area contributed by atoms with Crippen molar-refractivity contribution >= 4 is 38.6 Å². The van der Waals surface area contributed by atoms with Crippen LogP contribution >= 0.6 is 11.3 Å². The van der Waals surface area contributed by atoms with Crippen LogP contribution in [0.1, 0.15) is 41.0 Å². The Hall–Kier alpha value is -2.93. The average molecular weight is 384 g/mol. The number of rotatable bonds is 6. The molecule has 1 amide bonds. The fraction of sp³-hybridized carbons (Fsp3) is 0.250. The summed E-state index contributed by atoms with van der Waals surface area (Å²) in [5.41, 5.74) is 1.67. The number of anilines is 1. The minimum Gasteiger partial charge on any atom is -0.491 e. The molecule has 2 aromatic carbocycles. The number of carbonyl (C=O) groups is 2. The fourth-order valence-corrected chi connectivity index (χ4v) is 3.29. The van der Waals surface area contributed by atoms with E-state index in [2.05, 4.69) is 17.2 Å². The van der Waals surface area contributed by atoms with Crippen LogP contribution in [0.5, 0.6) is 5.75 Å². The molecule has 0 saturated carbocycles. The summed E-state index contributed by atoms with van der Waals surface area (Å²) in [6.45, 7) is 4.05. The number of hydrogen-bond donors (Lipinski definition) is 1. The monoisotopic (exact) mass is 384 g/mol. The van der Waals surface area contributed by atoms with Crippen molar-refractivity contribution in [2.75, 3.05) is 12.4 Å². The lowest BCUT2D eigenvalue weighted by molar-refractivity contribution is 0.0601. The van der Waals surface area contributed by atoms with Crippen molar-refractivity contribution in [3.63, 3.8) is 0 Å². The topological polar surface area (TPSA) is 77.5 Å². The number of thiazole rings is 1. The molecule has 6 nitrogen and oxygen atoms in total. The van der Waals surface area contributed by atoms with Crippen LogP contribution in [-0.4, -0.2) is 30.1 Å². The SMILES string of the molecule is CCC(C)Oc1ccc(C(=O)Nc2nc3ccc(C(=O)OC)cc3s2)cc1. The molecular formula is C20H20N2O4S. The quantitative estimate of drug-likeness (QED) is 0.633. The minimum absolute atomic E-state index is 0.127. The molecule has 0 aliphatic rings. The van der Waals surface area contributed by atoms with Gasteiger partial charge in [0, 0.05) is 5.56 Å². The van der Waals surface area contributed by atoms with Crippen molar-refractivity contribution in [1.29, 1.82) is 0 Å². The summed E-state index contributed by atoms with van der Waals surface area (Å²) in [6, 6.07) is 12.1. The first-order chi connectivity index (χ1) is 13.0. The van der Waals surface area contributed by atoms with Crippen LogP contribution in [0.3, 0.4) is 0 Å². The summed E-state index contributed by atoms with van der Waals surface area (Å²) in [4.78, 5) is 28.4. The third-order valence-corrected chi connectivity index (χ3v) is 4.99. The van der Waals surface area contributed by atoms with E-state index in [-0.39, 0.29) is 12.0 Å². The zero-order valence-corrected chi connectivity index (χ0v) is 16.1. The summed E-state index contributed by atoms with van der Waals surface area (Å²) >= 11 is 1.30. The lowest BCUT2D eigenvalue weighted by atomic mass is 10.2. The Labute approximate surface area is 161 Å². The first-order valence-electron chi connectivity index (χ1n) is 8.57. The second kappa shape index (κ2) is 8.18. The van der Waals surface area contributed by atoms with Gasteiger partial charge in [0.2, 0.25) is 0 Å². The molecule has 7 heteroatoms. The normalized spacial score (nSPS) is 11.8. The lowest BCUT2D eigenvalue weighted by Gasteiger charge is -2.12. The van der Waals surface area contributed by atoms with Gasteiger partial charge in [-0.15, -0.1) is 0 Å². The van der Waals surface area contributed by atoms with Gasteiger partial charge >= 0.3 is 5.97 Å². The number of benzene rings is 2. The van der Waals surface area contributed by atoms with Crippen LogP contribution < -0.4 is 10.1 Å². The van der Waals surface area contributed by atoms with E-state index in [4.69, 9.17) is 9.47 Å². The van der Waals surface area contributed by atoms with E-state index in [0.717, 1.165) is 16.9 Å². The standard InChI is InChI=1S/C20H20N2O4S/c1-4-12(2)26-15-8-5-13(6-9-15)18(23)22-20-21-16-10-7-14(19(24)25-3)11-17(16)27-20/h5-12H,4H2,1-3H3,(H,21,22,23). The Morgan fingerprint density at radius 3 is 2.52 bits per heavy atom. The predicted octanol–water partition coefficient (Wildman–Crippen LogP) is 4.51. The largest absolute Gasteiger partial charge is 0.491 e. The Morgan fingerprint density at radius 1 is 1.15 bits per heavy atom. The molecule has 27 heavy (non-hydrogen) atoms. The van der Waals surface area contributed by atoms with E-state index in [9.17, 15) is 9.59 Å². The smallest absolute Gasteiger partial charge is 0.337 e. The summed E-state index contributed by atoms with van der Waals surface area (Å²) in [5, 5.41) is 3.26. The number of hydrogen-bond acceptors (Lipinski definition) is 6. The molecule has 1 heterocycles. The maximum absolute atomic E-state index is 12.4. The molecule has 1 aromatic heterocycles. The molecule has 0 spiro atoms. The van der Waals surface area contributed by atoms with Crippen molar-refractivity contribution in [3.8, 4) is 5.75 Å². The Balaban J connectivity index is 1.72. The Bertz CT molecular complexity index is 966. The number of esters is 1. The van der Waals surface area contributed by atoms with Gasteiger partial charge in [-0.05, 0) is 55.8 Å². The van der Waals surface area contributed by atoms with Crippen LogP contribution in [0.15, 0.2) is 42.5 Å². The summed E-state index contributed by atoms with van der Waals surface area (Å²) in [5.74, 6) is 0.0733. The van der Waals surface area contributed by atoms with Gasteiger partial charge in [0.15, 0.2) is 5.13 Å². The Kier molecular flexibility index (Phi) is 5.71. The summed E-state index contributed by atoms with van der Waals surface area (Å²) < 4.78 is 11.2. The van der Waals surface area contributed by atoms with Gasteiger partial charge in [0.1, 0.15) is 5.75 Å². The molecule has 1 unspecified atom stereocenters. The van der Waals surface area contributed by atoms with Crippen LogP contribution in [0, 0.1) is 0 Å². The van der Waals surface area contributed by atoms with Gasteiger partial charge in [0.05, 0.1) is 29.0 Å². The lowest BCUT2D eigenvalue weighted by Crippen LogP contribution is -2.12.